The van der Waals surface area contributed by atoms with E-state index in [2.05, 4.69) is 14.1 Å². The molecule has 1 aliphatic rings. The molecule has 2 amide bonds. The van der Waals surface area contributed by atoms with Crippen LogP contribution in [0.5, 0.6) is 0 Å². The van der Waals surface area contributed by atoms with E-state index in [1.165, 1.54) is 0 Å². The molecule has 120 valence electrons. The summed E-state index contributed by atoms with van der Waals surface area (Å²) >= 11 is 1.11. The van der Waals surface area contributed by atoms with Crippen LogP contribution in [0.1, 0.15) is 6.42 Å². The van der Waals surface area contributed by atoms with Crippen molar-refractivity contribution in [1.29, 1.82) is 0 Å². The quantitative estimate of drug-likeness (QED) is 0.797. The molecule has 2 heterocycles. The van der Waals surface area contributed by atoms with Crippen molar-refractivity contribution in [1.82, 2.24) is 8.75 Å². The first-order valence-corrected chi connectivity index (χ1v) is 8.33. The lowest BCUT2D eigenvalue weighted by molar-refractivity contribution is -0.122. The van der Waals surface area contributed by atoms with Crippen molar-refractivity contribution in [3.63, 3.8) is 0 Å². The van der Waals surface area contributed by atoms with Crippen LogP contribution in [0.25, 0.3) is 11.0 Å². The minimum Gasteiger partial charge on any atom is -0.324 e. The molecule has 0 bridgehead atoms. The number of carbonyl (C=O) groups is 2. The summed E-state index contributed by atoms with van der Waals surface area (Å²) in [5, 5.41) is 2.89. The Kier molecular flexibility index (Phi) is 3.70. The van der Waals surface area contributed by atoms with E-state index in [0.29, 0.717) is 17.7 Å². The van der Waals surface area contributed by atoms with Crippen LogP contribution >= 0.6 is 11.7 Å². The first kappa shape index (κ1) is 14.8. The van der Waals surface area contributed by atoms with Crippen LogP contribution in [-0.2, 0) is 9.59 Å². The second kappa shape index (κ2) is 6.01. The number of nitrogens with one attached hydrogen (secondary N) is 1. The van der Waals surface area contributed by atoms with Crippen LogP contribution in [0.2, 0.25) is 0 Å². The molecule has 2 aromatic carbocycles. The molecular weight excluding hydrogens is 324 g/mol. The highest BCUT2D eigenvalue weighted by atomic mass is 32.1. The maximum atomic E-state index is 12.6. The molecule has 6 nitrogen and oxygen atoms in total. The van der Waals surface area contributed by atoms with E-state index in [4.69, 9.17) is 0 Å². The molecule has 1 aliphatic heterocycles. The first-order chi connectivity index (χ1) is 11.7. The van der Waals surface area contributed by atoms with Crippen molar-refractivity contribution in [3.8, 4) is 0 Å². The van der Waals surface area contributed by atoms with Gasteiger partial charge in [-0.1, -0.05) is 24.3 Å². The van der Waals surface area contributed by atoms with Crippen molar-refractivity contribution >= 4 is 46.0 Å². The Hall–Kier alpha value is -2.80. The largest absolute Gasteiger partial charge is 0.324 e. The number of hydrogen-bond acceptors (Lipinski definition) is 5. The molecule has 1 saturated heterocycles. The molecule has 0 spiro atoms. The Morgan fingerprint density at radius 1 is 1.12 bits per heavy atom. The summed E-state index contributed by atoms with van der Waals surface area (Å²) in [6.07, 6.45) is 0.214. The maximum absolute atomic E-state index is 12.6. The van der Waals surface area contributed by atoms with Crippen molar-refractivity contribution in [3.05, 3.63) is 48.5 Å². The normalized spacial score (nSPS) is 17.4. The Bertz CT molecular complexity index is 909. The Morgan fingerprint density at radius 2 is 1.96 bits per heavy atom. The third-order valence-electron chi connectivity index (χ3n) is 4.11. The molecule has 0 aliphatic carbocycles. The summed E-state index contributed by atoms with van der Waals surface area (Å²) in [4.78, 5) is 26.5. The van der Waals surface area contributed by atoms with Crippen LogP contribution in [0.4, 0.5) is 11.4 Å². The average Bonchev–Trinajstić information content (AvgIpc) is 3.23. The topological polar surface area (TPSA) is 75.2 Å². The highest BCUT2D eigenvalue weighted by Gasteiger charge is 2.35. The third-order valence-corrected chi connectivity index (χ3v) is 4.65. The smallest absolute Gasteiger partial charge is 0.229 e. The van der Waals surface area contributed by atoms with Gasteiger partial charge in [0.1, 0.15) is 11.0 Å². The molecule has 1 atom stereocenters. The van der Waals surface area contributed by atoms with Crippen molar-refractivity contribution in [2.75, 3.05) is 16.8 Å². The van der Waals surface area contributed by atoms with E-state index in [1.54, 1.807) is 11.0 Å². The van der Waals surface area contributed by atoms with Crippen LogP contribution in [0, 0.1) is 5.92 Å². The summed E-state index contributed by atoms with van der Waals surface area (Å²) in [6, 6.07) is 14.9. The first-order valence-electron chi connectivity index (χ1n) is 7.60. The molecule has 1 N–H and O–H groups in total. The van der Waals surface area contributed by atoms with Gasteiger partial charge in [0.2, 0.25) is 11.8 Å². The van der Waals surface area contributed by atoms with Gasteiger partial charge in [-0.15, -0.1) is 0 Å². The lowest BCUT2D eigenvalue weighted by Gasteiger charge is -2.16. The van der Waals surface area contributed by atoms with Gasteiger partial charge < -0.3 is 10.2 Å². The van der Waals surface area contributed by atoms with Crippen LogP contribution < -0.4 is 10.2 Å². The molecule has 0 radical (unpaired) electrons. The van der Waals surface area contributed by atoms with E-state index in [0.717, 1.165) is 22.9 Å². The second-order valence-electron chi connectivity index (χ2n) is 5.67. The van der Waals surface area contributed by atoms with Gasteiger partial charge in [0.05, 0.1) is 23.3 Å². The number of anilines is 2. The fraction of sp³-hybridized carbons (Fsp3) is 0.176. The lowest BCUT2D eigenvalue weighted by atomic mass is 10.1. The summed E-state index contributed by atoms with van der Waals surface area (Å²) in [6.45, 7) is 0.389. The molecule has 0 unspecified atom stereocenters. The second-order valence-corrected chi connectivity index (χ2v) is 6.20. The van der Waals surface area contributed by atoms with Gasteiger partial charge in [0, 0.05) is 18.7 Å². The zero-order valence-corrected chi connectivity index (χ0v) is 13.5. The van der Waals surface area contributed by atoms with Crippen LogP contribution in [0.15, 0.2) is 48.5 Å². The van der Waals surface area contributed by atoms with Crippen molar-refractivity contribution in [2.24, 2.45) is 5.92 Å². The monoisotopic (exact) mass is 338 g/mol. The van der Waals surface area contributed by atoms with E-state index >= 15 is 0 Å². The predicted molar refractivity (Wildman–Crippen MR) is 92.9 cm³/mol. The Morgan fingerprint density at radius 3 is 2.79 bits per heavy atom. The zero-order valence-electron chi connectivity index (χ0n) is 12.7. The minimum absolute atomic E-state index is 0.0325. The lowest BCUT2D eigenvalue weighted by Crippen LogP contribution is -2.28. The zero-order chi connectivity index (χ0) is 16.5. The van der Waals surface area contributed by atoms with Gasteiger partial charge in [0.25, 0.3) is 0 Å². The van der Waals surface area contributed by atoms with Gasteiger partial charge in [0.15, 0.2) is 0 Å². The number of para-hydroxylation sites is 1. The van der Waals surface area contributed by atoms with Gasteiger partial charge >= 0.3 is 0 Å². The molecule has 0 saturated carbocycles. The number of nitrogens with zero attached hydrogens (tertiary/aromatic N) is 3. The molecule has 4 rings (SSSR count). The molecule has 3 aromatic rings. The highest BCUT2D eigenvalue weighted by Crippen LogP contribution is 2.27. The number of amides is 2. The van der Waals surface area contributed by atoms with Crippen LogP contribution in [-0.4, -0.2) is 27.1 Å². The SMILES string of the molecule is O=C(Nc1cccc2nsnc12)[C@H]1CC(=O)N(c2ccccc2)C1. The number of benzene rings is 2. The third kappa shape index (κ3) is 2.63. The summed E-state index contributed by atoms with van der Waals surface area (Å²) in [7, 11) is 0. The van der Waals surface area contributed by atoms with Gasteiger partial charge in [-0.2, -0.15) is 8.75 Å². The summed E-state index contributed by atoms with van der Waals surface area (Å²) in [5.74, 6) is -0.572. The summed E-state index contributed by atoms with van der Waals surface area (Å²) < 4.78 is 8.38. The predicted octanol–water partition coefficient (Wildman–Crippen LogP) is 2.68. The average molecular weight is 338 g/mol. The van der Waals surface area contributed by atoms with Crippen molar-refractivity contribution in [2.45, 2.75) is 6.42 Å². The van der Waals surface area contributed by atoms with E-state index in [9.17, 15) is 9.59 Å². The minimum atomic E-state index is -0.375. The standard InChI is InChI=1S/C17H14N4O2S/c22-15-9-11(10-21(15)12-5-2-1-3-6-12)17(23)18-13-7-4-8-14-16(13)20-24-19-14/h1-8,11H,9-10H2,(H,18,23)/t11-/m0/s1. The molecule has 1 aromatic heterocycles. The molecule has 1 fully saturated rings. The number of fused-ring (bicyclic) bond motifs is 1. The van der Waals surface area contributed by atoms with Gasteiger partial charge in [-0.05, 0) is 24.3 Å². The maximum Gasteiger partial charge on any atom is 0.229 e. The Balaban J connectivity index is 1.52. The van der Waals surface area contributed by atoms with Crippen LogP contribution in [0.3, 0.4) is 0 Å². The van der Waals surface area contributed by atoms with Crippen molar-refractivity contribution < 1.29 is 9.59 Å². The molecular formula is C17H14N4O2S. The molecule has 24 heavy (non-hydrogen) atoms. The number of hydrogen-bond donors (Lipinski definition) is 1. The van der Waals surface area contributed by atoms with E-state index in [-0.39, 0.29) is 24.2 Å². The van der Waals surface area contributed by atoms with Gasteiger partial charge in [-0.3, -0.25) is 9.59 Å². The number of aromatic nitrogens is 2. The summed E-state index contributed by atoms with van der Waals surface area (Å²) in [5.41, 5.74) is 2.90. The Labute approximate surface area is 142 Å². The van der Waals surface area contributed by atoms with E-state index in [1.807, 2.05) is 42.5 Å². The fourth-order valence-electron chi connectivity index (χ4n) is 2.88. The molecule has 7 heteroatoms. The fourth-order valence-corrected chi connectivity index (χ4v) is 3.43. The number of carbonyl (C=O) groups excluding carboxylic acids is 2. The van der Waals surface area contributed by atoms with E-state index < -0.39 is 0 Å². The van der Waals surface area contributed by atoms with Gasteiger partial charge in [-0.25, -0.2) is 0 Å². The highest BCUT2D eigenvalue weighted by molar-refractivity contribution is 7.00. The number of rotatable bonds is 3.